The molecule has 1 unspecified atom stereocenters. The Labute approximate surface area is 178 Å². The van der Waals surface area contributed by atoms with Crippen LogP contribution in [-0.4, -0.2) is 47.1 Å². The minimum atomic E-state index is -3.71. The molecular weight excluding hydrogens is 400 g/mol. The Bertz CT molecular complexity index is 1100. The van der Waals surface area contributed by atoms with E-state index in [9.17, 15) is 13.2 Å². The van der Waals surface area contributed by atoms with Crippen molar-refractivity contribution < 1.29 is 13.2 Å². The number of benzene rings is 1. The van der Waals surface area contributed by atoms with Crippen LogP contribution in [0.5, 0.6) is 0 Å². The van der Waals surface area contributed by atoms with Gasteiger partial charge in [-0.2, -0.15) is 5.26 Å². The minimum absolute atomic E-state index is 0.122. The zero-order valence-corrected chi connectivity index (χ0v) is 19.2. The molecule has 1 atom stereocenters. The number of rotatable bonds is 4. The van der Waals surface area contributed by atoms with Gasteiger partial charge in [-0.1, -0.05) is 20.8 Å². The van der Waals surface area contributed by atoms with Crippen LogP contribution in [-0.2, 0) is 26.6 Å². The van der Waals surface area contributed by atoms with Crippen molar-refractivity contribution >= 4 is 26.8 Å². The number of hydrogen-bond donors (Lipinski definition) is 0. The molecule has 0 saturated carbocycles. The van der Waals surface area contributed by atoms with Crippen LogP contribution in [0.3, 0.4) is 0 Å². The van der Waals surface area contributed by atoms with Crippen LogP contribution in [0.25, 0.3) is 11.0 Å². The second kappa shape index (κ2) is 8.03. The lowest BCUT2D eigenvalue weighted by Gasteiger charge is -2.32. The fraction of sp³-hybridized carbons (Fsp3) is 0.591. The van der Waals surface area contributed by atoms with Gasteiger partial charge in [-0.3, -0.25) is 4.79 Å². The molecular formula is C22H30N4O3S. The summed E-state index contributed by atoms with van der Waals surface area (Å²) in [6.07, 6.45) is 1.88. The SMILES string of the molecule is CC(=O)N1CCC(Cn2c(C(C)(C)C)nc3cc(S(=O)(=O)C(C)C#N)ccc32)CC1. The minimum Gasteiger partial charge on any atom is -0.343 e. The Morgan fingerprint density at radius 2 is 1.93 bits per heavy atom. The third-order valence-electron chi connectivity index (χ3n) is 5.87. The summed E-state index contributed by atoms with van der Waals surface area (Å²) < 4.78 is 27.4. The van der Waals surface area contributed by atoms with Gasteiger partial charge in [0.15, 0.2) is 9.84 Å². The molecule has 0 aliphatic carbocycles. The third-order valence-corrected chi connectivity index (χ3v) is 7.81. The zero-order valence-electron chi connectivity index (χ0n) is 18.3. The maximum atomic E-state index is 12.6. The van der Waals surface area contributed by atoms with Crippen molar-refractivity contribution in [1.82, 2.24) is 14.5 Å². The van der Waals surface area contributed by atoms with Crippen molar-refractivity contribution in [1.29, 1.82) is 5.26 Å². The van der Waals surface area contributed by atoms with E-state index in [2.05, 4.69) is 25.3 Å². The summed E-state index contributed by atoms with van der Waals surface area (Å²) in [5, 5.41) is 7.96. The topological polar surface area (TPSA) is 96.1 Å². The van der Waals surface area contributed by atoms with E-state index in [4.69, 9.17) is 10.2 Å². The number of piperidine rings is 1. The lowest BCUT2D eigenvalue weighted by atomic mass is 9.93. The number of amides is 1. The molecule has 0 radical (unpaired) electrons. The van der Waals surface area contributed by atoms with Gasteiger partial charge in [-0.15, -0.1) is 0 Å². The summed E-state index contributed by atoms with van der Waals surface area (Å²) >= 11 is 0. The summed E-state index contributed by atoms with van der Waals surface area (Å²) in [5.74, 6) is 1.47. The Kier molecular flexibility index (Phi) is 5.96. The first-order valence-corrected chi connectivity index (χ1v) is 11.9. The fourth-order valence-corrected chi connectivity index (χ4v) is 5.09. The van der Waals surface area contributed by atoms with Gasteiger partial charge in [0.2, 0.25) is 5.91 Å². The molecule has 0 N–H and O–H groups in total. The van der Waals surface area contributed by atoms with Gasteiger partial charge in [0.25, 0.3) is 0 Å². The maximum absolute atomic E-state index is 12.6. The number of sulfone groups is 1. The van der Waals surface area contributed by atoms with E-state index in [1.165, 1.54) is 6.92 Å². The second-order valence-corrected chi connectivity index (χ2v) is 11.5. The van der Waals surface area contributed by atoms with Crippen LogP contribution < -0.4 is 0 Å². The number of nitriles is 1. The van der Waals surface area contributed by atoms with Crippen molar-refractivity contribution in [2.45, 2.75) is 69.6 Å². The molecule has 30 heavy (non-hydrogen) atoms. The first-order valence-electron chi connectivity index (χ1n) is 10.3. The van der Waals surface area contributed by atoms with Crippen LogP contribution >= 0.6 is 0 Å². The number of imidazole rings is 1. The van der Waals surface area contributed by atoms with Crippen molar-refractivity contribution in [2.75, 3.05) is 13.1 Å². The van der Waals surface area contributed by atoms with E-state index < -0.39 is 15.1 Å². The highest BCUT2D eigenvalue weighted by molar-refractivity contribution is 7.92. The summed E-state index contributed by atoms with van der Waals surface area (Å²) in [4.78, 5) is 18.4. The Hall–Kier alpha value is -2.40. The van der Waals surface area contributed by atoms with Crippen molar-refractivity contribution in [3.05, 3.63) is 24.0 Å². The summed E-state index contributed by atoms with van der Waals surface area (Å²) in [5.41, 5.74) is 1.32. The second-order valence-electron chi connectivity index (χ2n) is 9.21. The number of fused-ring (bicyclic) bond motifs is 1. The van der Waals surface area contributed by atoms with E-state index in [1.807, 2.05) is 11.0 Å². The molecule has 2 heterocycles. The molecule has 0 spiro atoms. The van der Waals surface area contributed by atoms with E-state index >= 15 is 0 Å². The molecule has 162 valence electrons. The van der Waals surface area contributed by atoms with Crippen molar-refractivity contribution in [3.8, 4) is 6.07 Å². The average molecular weight is 431 g/mol. The molecule has 0 bridgehead atoms. The molecule has 2 aromatic rings. The number of aromatic nitrogens is 2. The number of nitrogens with zero attached hydrogens (tertiary/aromatic N) is 4. The summed E-state index contributed by atoms with van der Waals surface area (Å²) in [7, 11) is -3.71. The van der Waals surface area contributed by atoms with Crippen molar-refractivity contribution in [3.63, 3.8) is 0 Å². The Balaban J connectivity index is 1.99. The standard InChI is InChI=1S/C22H30N4O3S/c1-15(13-23)30(28,29)18-6-7-20-19(12-18)24-21(22(3,4)5)26(20)14-17-8-10-25(11-9-17)16(2)27/h6-7,12,15,17H,8-11,14H2,1-5H3. The van der Waals surface area contributed by atoms with E-state index in [0.29, 0.717) is 11.4 Å². The molecule has 1 amide bonds. The largest absolute Gasteiger partial charge is 0.343 e. The third kappa shape index (κ3) is 4.22. The lowest BCUT2D eigenvalue weighted by Crippen LogP contribution is -2.38. The monoisotopic (exact) mass is 430 g/mol. The molecule has 3 rings (SSSR count). The van der Waals surface area contributed by atoms with Gasteiger partial charge in [-0.05, 0) is 43.9 Å². The molecule has 1 saturated heterocycles. The van der Waals surface area contributed by atoms with Crippen LogP contribution in [0.2, 0.25) is 0 Å². The summed E-state index contributed by atoms with van der Waals surface area (Å²) in [6, 6.07) is 6.79. The highest BCUT2D eigenvalue weighted by Crippen LogP contribution is 2.31. The molecule has 1 aliphatic rings. The van der Waals surface area contributed by atoms with Gasteiger partial charge < -0.3 is 9.47 Å². The first-order chi connectivity index (χ1) is 13.9. The van der Waals surface area contributed by atoms with Crippen LogP contribution in [0.4, 0.5) is 0 Å². The quantitative estimate of drug-likeness (QED) is 0.742. The molecule has 1 fully saturated rings. The van der Waals surface area contributed by atoms with E-state index in [0.717, 1.165) is 43.8 Å². The summed E-state index contributed by atoms with van der Waals surface area (Å²) in [6.45, 7) is 11.6. The normalized spacial score (nSPS) is 17.1. The van der Waals surface area contributed by atoms with Gasteiger partial charge in [0, 0.05) is 32.0 Å². The molecule has 7 nitrogen and oxygen atoms in total. The number of hydrogen-bond acceptors (Lipinski definition) is 5. The average Bonchev–Trinajstić information content (AvgIpc) is 3.05. The highest BCUT2D eigenvalue weighted by atomic mass is 32.2. The van der Waals surface area contributed by atoms with Crippen molar-refractivity contribution in [2.24, 2.45) is 5.92 Å². The fourth-order valence-electron chi connectivity index (χ4n) is 4.01. The van der Waals surface area contributed by atoms with Crippen LogP contribution in [0, 0.1) is 17.2 Å². The molecule has 1 aliphatic heterocycles. The van der Waals surface area contributed by atoms with Gasteiger partial charge in [0.1, 0.15) is 11.1 Å². The molecule has 1 aromatic carbocycles. The molecule has 1 aromatic heterocycles. The van der Waals surface area contributed by atoms with Crippen LogP contribution in [0.15, 0.2) is 23.1 Å². The van der Waals surface area contributed by atoms with Gasteiger partial charge in [-0.25, -0.2) is 13.4 Å². The first kappa shape index (κ1) is 22.3. The van der Waals surface area contributed by atoms with E-state index in [-0.39, 0.29) is 16.2 Å². The lowest BCUT2D eigenvalue weighted by molar-refractivity contribution is -0.130. The maximum Gasteiger partial charge on any atom is 0.219 e. The number of carbonyl (C=O) groups is 1. The number of carbonyl (C=O) groups excluding carboxylic acids is 1. The number of likely N-dealkylation sites (tertiary alicyclic amines) is 1. The Morgan fingerprint density at radius 3 is 2.47 bits per heavy atom. The molecule has 8 heteroatoms. The zero-order chi connectivity index (χ0) is 22.3. The predicted octanol–water partition coefficient (Wildman–Crippen LogP) is 3.28. The predicted molar refractivity (Wildman–Crippen MR) is 116 cm³/mol. The van der Waals surface area contributed by atoms with Gasteiger partial charge >= 0.3 is 0 Å². The Morgan fingerprint density at radius 1 is 1.30 bits per heavy atom. The van der Waals surface area contributed by atoms with Gasteiger partial charge in [0.05, 0.1) is 22.0 Å². The van der Waals surface area contributed by atoms with E-state index in [1.54, 1.807) is 25.1 Å². The van der Waals surface area contributed by atoms with Crippen LogP contribution in [0.1, 0.15) is 53.3 Å². The smallest absolute Gasteiger partial charge is 0.219 e. The highest BCUT2D eigenvalue weighted by Gasteiger charge is 2.29.